The molecule has 156 valence electrons. The van der Waals surface area contributed by atoms with E-state index in [1.165, 1.54) is 27.8 Å². The zero-order chi connectivity index (χ0) is 21.0. The molecular weight excluding hydrogens is 382 g/mol. The molecule has 0 aliphatic carbocycles. The number of aryl methyl sites for hydroxylation is 3. The Balaban J connectivity index is 1.47. The first kappa shape index (κ1) is 19.6. The number of hydrogen-bond acceptors (Lipinski definition) is 4. The van der Waals surface area contributed by atoms with Crippen LogP contribution in [0.1, 0.15) is 39.7 Å². The van der Waals surface area contributed by atoms with E-state index in [0.29, 0.717) is 0 Å². The molecule has 0 fully saturated rings. The van der Waals surface area contributed by atoms with Crippen LogP contribution >= 0.6 is 0 Å². The number of benzene rings is 3. The number of fused-ring (bicyclic) bond motifs is 1. The fourth-order valence-electron chi connectivity index (χ4n) is 4.46. The highest BCUT2D eigenvalue weighted by Gasteiger charge is 2.30. The van der Waals surface area contributed by atoms with Crippen molar-refractivity contribution < 1.29 is 0 Å². The van der Waals surface area contributed by atoms with Gasteiger partial charge < -0.3 is 0 Å². The Morgan fingerprint density at radius 3 is 2.42 bits per heavy atom. The van der Waals surface area contributed by atoms with Crippen molar-refractivity contribution in [3.05, 3.63) is 113 Å². The summed E-state index contributed by atoms with van der Waals surface area (Å²) in [6, 6.07) is 28.1. The van der Waals surface area contributed by atoms with Gasteiger partial charge in [0, 0.05) is 19.6 Å². The van der Waals surface area contributed by atoms with Gasteiger partial charge in [0.15, 0.2) is 5.82 Å². The van der Waals surface area contributed by atoms with Gasteiger partial charge in [0.25, 0.3) is 0 Å². The molecule has 0 saturated heterocycles. The van der Waals surface area contributed by atoms with Crippen molar-refractivity contribution >= 4 is 0 Å². The highest BCUT2D eigenvalue weighted by atomic mass is 15.5. The van der Waals surface area contributed by atoms with Crippen molar-refractivity contribution in [1.29, 1.82) is 0 Å². The van der Waals surface area contributed by atoms with Crippen molar-refractivity contribution in [3.63, 3.8) is 0 Å². The fourth-order valence-corrected chi connectivity index (χ4v) is 4.46. The second-order valence-corrected chi connectivity index (χ2v) is 8.30. The summed E-state index contributed by atoms with van der Waals surface area (Å²) < 4.78 is 1.98. The minimum atomic E-state index is 0.0275. The molecule has 5 heteroatoms. The quantitative estimate of drug-likeness (QED) is 0.474. The van der Waals surface area contributed by atoms with Crippen molar-refractivity contribution in [3.8, 4) is 0 Å². The van der Waals surface area contributed by atoms with Gasteiger partial charge in [-0.15, -0.1) is 5.10 Å². The van der Waals surface area contributed by atoms with E-state index in [0.717, 1.165) is 38.3 Å². The lowest BCUT2D eigenvalue weighted by Gasteiger charge is -2.35. The van der Waals surface area contributed by atoms with Crippen LogP contribution in [0.4, 0.5) is 0 Å². The highest BCUT2D eigenvalue weighted by molar-refractivity contribution is 5.32. The van der Waals surface area contributed by atoms with Crippen LogP contribution in [0.2, 0.25) is 0 Å². The Bertz CT molecular complexity index is 1130. The SMILES string of the molecule is Cc1ccc([C@@H](c2nnnn2CCc2ccccc2)N2CCc3ccccc3C2)cc1. The topological polar surface area (TPSA) is 46.8 Å². The summed E-state index contributed by atoms with van der Waals surface area (Å²) in [6.07, 6.45) is 1.95. The molecule has 1 aromatic heterocycles. The first-order valence-corrected chi connectivity index (χ1v) is 11.0. The molecule has 0 bridgehead atoms. The zero-order valence-corrected chi connectivity index (χ0v) is 17.9. The van der Waals surface area contributed by atoms with Crippen molar-refractivity contribution in [2.45, 2.75) is 38.9 Å². The van der Waals surface area contributed by atoms with Crippen LogP contribution in [-0.2, 0) is 25.9 Å². The van der Waals surface area contributed by atoms with Gasteiger partial charge in [-0.2, -0.15) is 0 Å². The molecule has 1 atom stereocenters. The van der Waals surface area contributed by atoms with Crippen molar-refractivity contribution in [2.75, 3.05) is 6.54 Å². The van der Waals surface area contributed by atoms with Crippen LogP contribution in [0, 0.1) is 6.92 Å². The van der Waals surface area contributed by atoms with Gasteiger partial charge in [0.05, 0.1) is 6.04 Å². The summed E-state index contributed by atoms with van der Waals surface area (Å²) in [5.74, 6) is 0.916. The normalized spacial score (nSPS) is 14.9. The molecule has 0 saturated carbocycles. The summed E-state index contributed by atoms with van der Waals surface area (Å²) in [5.41, 5.74) is 6.64. The number of aromatic nitrogens is 4. The molecule has 3 aromatic carbocycles. The summed E-state index contributed by atoms with van der Waals surface area (Å²) in [5, 5.41) is 13.0. The average Bonchev–Trinajstić information content (AvgIpc) is 3.28. The molecule has 0 amide bonds. The second kappa shape index (κ2) is 8.82. The molecule has 1 aliphatic rings. The van der Waals surface area contributed by atoms with Gasteiger partial charge >= 0.3 is 0 Å². The van der Waals surface area contributed by atoms with E-state index in [1.54, 1.807) is 0 Å². The second-order valence-electron chi connectivity index (χ2n) is 8.30. The van der Waals surface area contributed by atoms with E-state index in [9.17, 15) is 0 Å². The third-order valence-electron chi connectivity index (χ3n) is 6.18. The van der Waals surface area contributed by atoms with Gasteiger partial charge in [0.1, 0.15) is 0 Å². The smallest absolute Gasteiger partial charge is 0.173 e. The summed E-state index contributed by atoms with van der Waals surface area (Å²) in [6.45, 7) is 4.78. The lowest BCUT2D eigenvalue weighted by molar-refractivity contribution is 0.194. The number of nitrogens with zero attached hydrogens (tertiary/aromatic N) is 5. The summed E-state index contributed by atoms with van der Waals surface area (Å²) in [7, 11) is 0. The first-order valence-electron chi connectivity index (χ1n) is 11.0. The standard InChI is InChI=1S/C26H27N5/c1-20-11-13-23(14-12-20)25(30-17-16-22-9-5-6-10-24(22)19-30)26-27-28-29-31(26)18-15-21-7-3-2-4-8-21/h2-14,25H,15-19H2,1H3/t25-/m0/s1. The molecular formula is C26H27N5. The summed E-state index contributed by atoms with van der Waals surface area (Å²) >= 11 is 0. The highest BCUT2D eigenvalue weighted by Crippen LogP contribution is 2.32. The van der Waals surface area contributed by atoms with Crippen LogP contribution in [-0.4, -0.2) is 31.7 Å². The molecule has 2 heterocycles. The van der Waals surface area contributed by atoms with E-state index in [4.69, 9.17) is 0 Å². The van der Waals surface area contributed by atoms with Crippen molar-refractivity contribution in [1.82, 2.24) is 25.1 Å². The Hall–Kier alpha value is -3.31. The number of hydrogen-bond donors (Lipinski definition) is 0. The zero-order valence-electron chi connectivity index (χ0n) is 17.9. The van der Waals surface area contributed by atoms with Crippen LogP contribution in [0.5, 0.6) is 0 Å². The maximum atomic E-state index is 4.52. The monoisotopic (exact) mass is 409 g/mol. The van der Waals surface area contributed by atoms with Crippen LogP contribution in [0.3, 0.4) is 0 Å². The van der Waals surface area contributed by atoms with E-state index < -0.39 is 0 Å². The molecule has 0 radical (unpaired) electrons. The van der Waals surface area contributed by atoms with E-state index >= 15 is 0 Å². The third-order valence-corrected chi connectivity index (χ3v) is 6.18. The molecule has 4 aromatic rings. The number of tetrazole rings is 1. The molecule has 0 unspecified atom stereocenters. The number of rotatable bonds is 6. The van der Waals surface area contributed by atoms with Crippen molar-refractivity contribution in [2.24, 2.45) is 0 Å². The Morgan fingerprint density at radius 2 is 1.61 bits per heavy atom. The summed E-state index contributed by atoms with van der Waals surface area (Å²) in [4.78, 5) is 2.51. The largest absolute Gasteiger partial charge is 0.285 e. The molecule has 0 N–H and O–H groups in total. The van der Waals surface area contributed by atoms with Gasteiger partial charge in [0.2, 0.25) is 0 Å². The van der Waals surface area contributed by atoms with Gasteiger partial charge in [-0.25, -0.2) is 4.68 Å². The molecule has 31 heavy (non-hydrogen) atoms. The van der Waals surface area contributed by atoms with Gasteiger partial charge in [-0.1, -0.05) is 84.4 Å². The Labute approximate surface area is 183 Å². The van der Waals surface area contributed by atoms with E-state index in [-0.39, 0.29) is 6.04 Å². The third kappa shape index (κ3) is 4.28. The van der Waals surface area contributed by atoms with Crippen LogP contribution in [0.15, 0.2) is 78.9 Å². The van der Waals surface area contributed by atoms with Gasteiger partial charge in [-0.05, 0) is 52.4 Å². The molecule has 5 rings (SSSR count). The molecule has 0 spiro atoms. The maximum Gasteiger partial charge on any atom is 0.173 e. The molecule has 5 nitrogen and oxygen atoms in total. The molecule has 1 aliphatic heterocycles. The Kier molecular flexibility index (Phi) is 5.59. The average molecular weight is 410 g/mol. The lowest BCUT2D eigenvalue weighted by Crippen LogP contribution is -2.36. The van der Waals surface area contributed by atoms with Crippen LogP contribution < -0.4 is 0 Å². The first-order chi connectivity index (χ1) is 15.3. The van der Waals surface area contributed by atoms with E-state index in [2.05, 4.69) is 100 Å². The van der Waals surface area contributed by atoms with Gasteiger partial charge in [-0.3, -0.25) is 4.90 Å². The maximum absolute atomic E-state index is 4.52. The minimum Gasteiger partial charge on any atom is -0.285 e. The lowest BCUT2D eigenvalue weighted by atomic mass is 9.95. The predicted octanol–water partition coefficient (Wildman–Crippen LogP) is 4.37. The van der Waals surface area contributed by atoms with E-state index in [1.807, 2.05) is 10.7 Å². The minimum absolute atomic E-state index is 0.0275. The Morgan fingerprint density at radius 1 is 0.871 bits per heavy atom. The van der Waals surface area contributed by atoms with Crippen LogP contribution in [0.25, 0.3) is 0 Å². The predicted molar refractivity (Wildman–Crippen MR) is 122 cm³/mol. The fraction of sp³-hybridized carbons (Fsp3) is 0.269.